The number of nitrogens with zero attached hydrogens (tertiary/aromatic N) is 3. The fraction of sp³-hybridized carbons (Fsp3) is 0.238. The zero-order valence-electron chi connectivity index (χ0n) is 16.1. The molecule has 1 fully saturated rings. The van der Waals surface area contributed by atoms with Crippen molar-refractivity contribution < 1.29 is 23.9 Å². The Morgan fingerprint density at radius 1 is 1.10 bits per heavy atom. The van der Waals surface area contributed by atoms with E-state index in [1.54, 1.807) is 18.2 Å². The quantitative estimate of drug-likeness (QED) is 0.605. The van der Waals surface area contributed by atoms with Gasteiger partial charge in [0.1, 0.15) is 0 Å². The molecule has 0 bridgehead atoms. The first-order valence-electron chi connectivity index (χ1n) is 9.53. The topological polar surface area (TPSA) is 90.2 Å². The fourth-order valence-electron chi connectivity index (χ4n) is 3.64. The van der Waals surface area contributed by atoms with E-state index in [-0.39, 0.29) is 31.4 Å². The summed E-state index contributed by atoms with van der Waals surface area (Å²) in [6.45, 7) is 2.81. The lowest BCUT2D eigenvalue weighted by Crippen LogP contribution is -2.28. The van der Waals surface area contributed by atoms with Crippen molar-refractivity contribution in [2.75, 3.05) is 11.7 Å². The van der Waals surface area contributed by atoms with Gasteiger partial charge in [-0.1, -0.05) is 17.4 Å². The van der Waals surface area contributed by atoms with E-state index in [1.165, 1.54) is 17.4 Å². The van der Waals surface area contributed by atoms with Crippen molar-refractivity contribution in [2.45, 2.75) is 26.3 Å². The lowest BCUT2D eigenvalue weighted by Gasteiger charge is -2.14. The van der Waals surface area contributed by atoms with Crippen molar-refractivity contribution in [1.29, 1.82) is 0 Å². The molecule has 0 N–H and O–H groups in total. The van der Waals surface area contributed by atoms with Gasteiger partial charge in [-0.2, -0.15) is 4.99 Å². The molecule has 0 atom stereocenters. The molecule has 3 amide bonds. The second-order valence-electron chi connectivity index (χ2n) is 6.89. The van der Waals surface area contributed by atoms with Gasteiger partial charge in [0.15, 0.2) is 16.3 Å². The number of fused-ring (bicyclic) bond motifs is 2. The van der Waals surface area contributed by atoms with Crippen LogP contribution < -0.4 is 19.2 Å². The normalized spacial score (nSPS) is 16.2. The van der Waals surface area contributed by atoms with E-state index < -0.39 is 5.91 Å². The molecule has 30 heavy (non-hydrogen) atoms. The number of rotatable bonds is 3. The molecule has 3 aromatic rings. The van der Waals surface area contributed by atoms with E-state index in [9.17, 15) is 14.4 Å². The van der Waals surface area contributed by atoms with E-state index in [1.807, 2.05) is 23.6 Å². The van der Waals surface area contributed by atoms with Gasteiger partial charge in [-0.15, -0.1) is 0 Å². The van der Waals surface area contributed by atoms with Crippen LogP contribution in [0.3, 0.4) is 0 Å². The number of benzene rings is 2. The Balaban J connectivity index is 1.55. The molecule has 0 saturated carbocycles. The highest BCUT2D eigenvalue weighted by atomic mass is 32.1. The fourth-order valence-corrected chi connectivity index (χ4v) is 4.75. The van der Waals surface area contributed by atoms with Crippen LogP contribution in [0.15, 0.2) is 41.4 Å². The number of carbonyl (C=O) groups excluding carboxylic acids is 3. The van der Waals surface area contributed by atoms with Crippen molar-refractivity contribution in [3.8, 4) is 11.5 Å². The average Bonchev–Trinajstić information content (AvgIpc) is 3.42. The minimum atomic E-state index is -0.440. The maximum atomic E-state index is 12.9. The number of imide groups is 1. The molecule has 0 aliphatic carbocycles. The molecule has 2 aliphatic rings. The largest absolute Gasteiger partial charge is 0.454 e. The van der Waals surface area contributed by atoms with Gasteiger partial charge in [-0.05, 0) is 25.1 Å². The summed E-state index contributed by atoms with van der Waals surface area (Å²) in [6, 6.07) is 10.2. The number of hydrogen-bond donors (Lipinski definition) is 0. The van der Waals surface area contributed by atoms with E-state index in [0.29, 0.717) is 34.1 Å². The Bertz CT molecular complexity index is 1270. The maximum absolute atomic E-state index is 12.9. The molecule has 0 unspecified atom stereocenters. The molecule has 1 saturated heterocycles. The summed E-state index contributed by atoms with van der Waals surface area (Å²) in [4.78, 5) is 42.9. The highest BCUT2D eigenvalue weighted by Gasteiger charge is 2.30. The Labute approximate surface area is 175 Å². The van der Waals surface area contributed by atoms with Crippen LogP contribution in [-0.4, -0.2) is 29.1 Å². The van der Waals surface area contributed by atoms with Crippen molar-refractivity contribution in [1.82, 2.24) is 4.57 Å². The van der Waals surface area contributed by atoms with Gasteiger partial charge in [0, 0.05) is 37.1 Å². The lowest BCUT2D eigenvalue weighted by atomic mass is 10.2. The monoisotopic (exact) mass is 423 g/mol. The van der Waals surface area contributed by atoms with E-state index in [2.05, 4.69) is 4.99 Å². The molecule has 3 heterocycles. The number of ether oxygens (including phenoxy) is 2. The maximum Gasteiger partial charge on any atom is 0.279 e. The van der Waals surface area contributed by atoms with Gasteiger partial charge in [0.05, 0.1) is 15.9 Å². The Kier molecular flexibility index (Phi) is 4.39. The summed E-state index contributed by atoms with van der Waals surface area (Å²) < 4.78 is 13.8. The van der Waals surface area contributed by atoms with Crippen molar-refractivity contribution in [3.05, 3.63) is 46.8 Å². The molecule has 152 valence electrons. The average molecular weight is 423 g/mol. The summed E-state index contributed by atoms with van der Waals surface area (Å²) in [5.74, 6) is 0.398. The number of amides is 3. The molecule has 5 rings (SSSR count). The van der Waals surface area contributed by atoms with Gasteiger partial charge in [0.2, 0.25) is 18.6 Å². The molecule has 1 aromatic heterocycles. The highest BCUT2D eigenvalue weighted by molar-refractivity contribution is 7.16. The molecule has 2 aromatic carbocycles. The Morgan fingerprint density at radius 3 is 2.57 bits per heavy atom. The SMILES string of the molecule is CCn1c(=NC(=O)c2cccc(N3C(=O)CCC3=O)c2)sc2cc3c(cc21)OCO3. The smallest absolute Gasteiger partial charge is 0.279 e. The Hall–Kier alpha value is -3.46. The lowest BCUT2D eigenvalue weighted by molar-refractivity contribution is -0.121. The number of aryl methyl sites for hydroxylation is 1. The summed E-state index contributed by atoms with van der Waals surface area (Å²) in [7, 11) is 0. The molecule has 8 nitrogen and oxygen atoms in total. The van der Waals surface area contributed by atoms with Crippen LogP contribution in [0.1, 0.15) is 30.1 Å². The van der Waals surface area contributed by atoms with E-state index in [0.717, 1.165) is 15.1 Å². The third-order valence-corrected chi connectivity index (χ3v) is 6.13. The van der Waals surface area contributed by atoms with Gasteiger partial charge in [-0.3, -0.25) is 19.3 Å². The number of thiazole rings is 1. The second kappa shape index (κ2) is 7.10. The first kappa shape index (κ1) is 18.6. The van der Waals surface area contributed by atoms with Gasteiger partial charge < -0.3 is 14.0 Å². The number of anilines is 1. The summed E-state index contributed by atoms with van der Waals surface area (Å²) >= 11 is 1.39. The van der Waals surface area contributed by atoms with Crippen LogP contribution in [-0.2, 0) is 16.1 Å². The first-order valence-corrected chi connectivity index (χ1v) is 10.3. The van der Waals surface area contributed by atoms with Crippen molar-refractivity contribution in [2.24, 2.45) is 4.99 Å². The summed E-state index contributed by atoms with van der Waals surface area (Å²) in [6.07, 6.45) is 0.383. The van der Waals surface area contributed by atoms with Crippen LogP contribution in [0.25, 0.3) is 10.2 Å². The standard InChI is InChI=1S/C21H17N3O5S/c1-2-23-14-9-15-16(29-11-28-15)10-17(14)30-21(23)22-20(27)12-4-3-5-13(8-12)24-18(25)6-7-19(24)26/h3-5,8-10H,2,6-7,11H2,1H3. The third-order valence-electron chi connectivity index (χ3n) is 5.09. The molecule has 0 spiro atoms. The third kappa shape index (κ3) is 2.98. The second-order valence-corrected chi connectivity index (χ2v) is 7.90. The van der Waals surface area contributed by atoms with Crippen LogP contribution in [0.2, 0.25) is 0 Å². The zero-order chi connectivity index (χ0) is 20.8. The minimum Gasteiger partial charge on any atom is -0.454 e. The van der Waals surface area contributed by atoms with Gasteiger partial charge >= 0.3 is 0 Å². The first-order chi connectivity index (χ1) is 14.5. The van der Waals surface area contributed by atoms with Crippen LogP contribution >= 0.6 is 11.3 Å². The van der Waals surface area contributed by atoms with Crippen molar-refractivity contribution >= 4 is 45.0 Å². The van der Waals surface area contributed by atoms with Crippen LogP contribution in [0, 0.1) is 0 Å². The molecule has 0 radical (unpaired) electrons. The summed E-state index contributed by atoms with van der Waals surface area (Å²) in [5, 5.41) is 0. The van der Waals surface area contributed by atoms with Gasteiger partial charge in [-0.25, -0.2) is 0 Å². The highest BCUT2D eigenvalue weighted by Crippen LogP contribution is 2.37. The van der Waals surface area contributed by atoms with E-state index >= 15 is 0 Å². The van der Waals surface area contributed by atoms with Gasteiger partial charge in [0.25, 0.3) is 5.91 Å². The molecule has 2 aliphatic heterocycles. The molecule has 9 heteroatoms. The minimum absolute atomic E-state index is 0.192. The predicted octanol–water partition coefficient (Wildman–Crippen LogP) is 2.85. The predicted molar refractivity (Wildman–Crippen MR) is 110 cm³/mol. The Morgan fingerprint density at radius 2 is 1.83 bits per heavy atom. The zero-order valence-corrected chi connectivity index (χ0v) is 16.9. The van der Waals surface area contributed by atoms with Crippen LogP contribution in [0.5, 0.6) is 11.5 Å². The molecular formula is C21H17N3O5S. The molecular weight excluding hydrogens is 406 g/mol. The number of carbonyl (C=O) groups is 3. The number of aromatic nitrogens is 1. The number of hydrogen-bond acceptors (Lipinski definition) is 6. The van der Waals surface area contributed by atoms with Crippen LogP contribution in [0.4, 0.5) is 5.69 Å². The van der Waals surface area contributed by atoms with E-state index in [4.69, 9.17) is 9.47 Å². The summed E-state index contributed by atoms with van der Waals surface area (Å²) in [5.41, 5.74) is 1.63. The van der Waals surface area contributed by atoms with Crippen molar-refractivity contribution in [3.63, 3.8) is 0 Å².